The van der Waals surface area contributed by atoms with Crippen molar-refractivity contribution in [1.29, 1.82) is 0 Å². The molecule has 1 unspecified atom stereocenters. The van der Waals surface area contributed by atoms with Gasteiger partial charge in [-0.1, -0.05) is 36.4 Å². The molecule has 1 N–H and O–H groups in total. The Morgan fingerprint density at radius 1 is 1.05 bits per heavy atom. The van der Waals surface area contributed by atoms with E-state index < -0.39 is 5.54 Å². The van der Waals surface area contributed by atoms with Gasteiger partial charge in [0, 0.05) is 5.69 Å². The van der Waals surface area contributed by atoms with Crippen molar-refractivity contribution in [2.75, 3.05) is 12.4 Å². The predicted molar refractivity (Wildman–Crippen MR) is 85.3 cm³/mol. The van der Waals surface area contributed by atoms with Crippen molar-refractivity contribution in [3.05, 3.63) is 65.2 Å². The van der Waals surface area contributed by atoms with Gasteiger partial charge in [-0.3, -0.25) is 0 Å². The highest BCUT2D eigenvalue weighted by molar-refractivity contribution is 5.85. The molecule has 2 aromatic rings. The van der Waals surface area contributed by atoms with Crippen LogP contribution in [-0.4, -0.2) is 13.1 Å². The summed E-state index contributed by atoms with van der Waals surface area (Å²) in [6, 6.07) is 15.7. The molecule has 1 atom stereocenters. The van der Waals surface area contributed by atoms with E-state index in [4.69, 9.17) is 4.74 Å². The number of esters is 1. The third kappa shape index (κ3) is 3.07. The van der Waals surface area contributed by atoms with E-state index >= 15 is 0 Å². The van der Waals surface area contributed by atoms with Crippen LogP contribution >= 0.6 is 0 Å². The van der Waals surface area contributed by atoms with Crippen LogP contribution in [0.4, 0.5) is 5.69 Å². The van der Waals surface area contributed by atoms with Gasteiger partial charge in [0.1, 0.15) is 0 Å². The maximum atomic E-state index is 12.4. The number of hydrogen-bond donors (Lipinski definition) is 1. The van der Waals surface area contributed by atoms with Crippen molar-refractivity contribution in [1.82, 2.24) is 0 Å². The Morgan fingerprint density at radius 3 is 2.29 bits per heavy atom. The van der Waals surface area contributed by atoms with E-state index in [1.54, 1.807) is 0 Å². The Labute approximate surface area is 126 Å². The fourth-order valence-electron chi connectivity index (χ4n) is 2.31. The molecular formula is C18H21NO2. The number of hydrogen-bond acceptors (Lipinski definition) is 3. The van der Waals surface area contributed by atoms with Crippen molar-refractivity contribution in [2.24, 2.45) is 0 Å². The molecule has 2 rings (SSSR count). The Kier molecular flexibility index (Phi) is 4.32. The lowest BCUT2D eigenvalue weighted by Crippen LogP contribution is -2.41. The molecule has 0 spiro atoms. The minimum absolute atomic E-state index is 0.311. The second kappa shape index (κ2) is 6.00. The molecule has 0 aromatic heterocycles. The summed E-state index contributed by atoms with van der Waals surface area (Å²) >= 11 is 0. The lowest BCUT2D eigenvalue weighted by Gasteiger charge is -2.30. The van der Waals surface area contributed by atoms with Crippen molar-refractivity contribution < 1.29 is 9.53 Å². The van der Waals surface area contributed by atoms with Gasteiger partial charge in [0.05, 0.1) is 7.11 Å². The van der Waals surface area contributed by atoms with Crippen LogP contribution in [0.3, 0.4) is 0 Å². The largest absolute Gasteiger partial charge is 0.467 e. The van der Waals surface area contributed by atoms with Gasteiger partial charge in [-0.2, -0.15) is 0 Å². The first kappa shape index (κ1) is 15.1. The van der Waals surface area contributed by atoms with Gasteiger partial charge in [-0.15, -0.1) is 0 Å². The van der Waals surface area contributed by atoms with Gasteiger partial charge in [-0.05, 0) is 49.6 Å². The number of para-hydroxylation sites is 1. The molecule has 2 aromatic carbocycles. The third-order valence-electron chi connectivity index (χ3n) is 3.85. The van der Waals surface area contributed by atoms with E-state index in [2.05, 4.69) is 12.2 Å². The van der Waals surface area contributed by atoms with Crippen molar-refractivity contribution in [3.63, 3.8) is 0 Å². The number of nitrogens with one attached hydrogen (secondary N) is 1. The summed E-state index contributed by atoms with van der Waals surface area (Å²) in [5, 5.41) is 3.29. The van der Waals surface area contributed by atoms with E-state index in [-0.39, 0.29) is 5.97 Å². The van der Waals surface area contributed by atoms with Crippen LogP contribution in [0.25, 0.3) is 0 Å². The molecule has 110 valence electrons. The van der Waals surface area contributed by atoms with E-state index in [1.807, 2.05) is 62.4 Å². The number of benzene rings is 2. The highest BCUT2D eigenvalue weighted by Gasteiger charge is 2.36. The summed E-state index contributed by atoms with van der Waals surface area (Å²) in [6.45, 7) is 5.94. The zero-order valence-corrected chi connectivity index (χ0v) is 12.9. The van der Waals surface area contributed by atoms with Gasteiger partial charge in [0.15, 0.2) is 5.54 Å². The number of carbonyl (C=O) groups excluding carboxylic acids is 1. The third-order valence-corrected chi connectivity index (χ3v) is 3.85. The topological polar surface area (TPSA) is 38.3 Å². The van der Waals surface area contributed by atoms with Crippen LogP contribution in [-0.2, 0) is 15.1 Å². The summed E-state index contributed by atoms with van der Waals surface area (Å²) in [5.74, 6) is -0.311. The Hall–Kier alpha value is -2.29. The van der Waals surface area contributed by atoms with Crippen LogP contribution in [0.5, 0.6) is 0 Å². The quantitative estimate of drug-likeness (QED) is 0.867. The smallest absolute Gasteiger partial charge is 0.335 e. The van der Waals surface area contributed by atoms with Crippen LogP contribution in [0.1, 0.15) is 23.6 Å². The molecule has 0 saturated carbocycles. The minimum atomic E-state index is -0.922. The lowest BCUT2D eigenvalue weighted by molar-refractivity contribution is -0.145. The predicted octanol–water partition coefficient (Wildman–Crippen LogP) is 3.80. The molecular weight excluding hydrogens is 262 g/mol. The second-order valence-corrected chi connectivity index (χ2v) is 5.41. The van der Waals surface area contributed by atoms with Gasteiger partial charge in [-0.25, -0.2) is 4.79 Å². The number of methoxy groups -OCH3 is 1. The molecule has 0 heterocycles. The minimum Gasteiger partial charge on any atom is -0.467 e. The molecule has 3 heteroatoms. The molecule has 21 heavy (non-hydrogen) atoms. The lowest BCUT2D eigenvalue weighted by atomic mass is 9.89. The van der Waals surface area contributed by atoms with E-state index in [9.17, 15) is 4.79 Å². The summed E-state index contributed by atoms with van der Waals surface area (Å²) in [7, 11) is 1.41. The molecule has 0 aliphatic carbocycles. The highest BCUT2D eigenvalue weighted by atomic mass is 16.5. The second-order valence-electron chi connectivity index (χ2n) is 5.41. The molecule has 0 fully saturated rings. The Balaban J connectivity index is 2.46. The number of carbonyl (C=O) groups is 1. The number of aryl methyl sites for hydroxylation is 2. The monoisotopic (exact) mass is 283 g/mol. The zero-order chi connectivity index (χ0) is 15.5. The first-order valence-electron chi connectivity index (χ1n) is 6.97. The molecule has 3 nitrogen and oxygen atoms in total. The van der Waals surface area contributed by atoms with Crippen LogP contribution < -0.4 is 5.32 Å². The van der Waals surface area contributed by atoms with Crippen molar-refractivity contribution in [3.8, 4) is 0 Å². The number of ether oxygens (including phenoxy) is 1. The van der Waals surface area contributed by atoms with E-state index in [1.165, 1.54) is 12.7 Å². The highest BCUT2D eigenvalue weighted by Crippen LogP contribution is 2.29. The number of rotatable bonds is 4. The summed E-state index contributed by atoms with van der Waals surface area (Å²) in [4.78, 5) is 12.4. The average Bonchev–Trinajstić information content (AvgIpc) is 2.50. The maximum Gasteiger partial charge on any atom is 0.335 e. The molecule has 0 radical (unpaired) electrons. The Bertz CT molecular complexity index is 637. The first-order valence-corrected chi connectivity index (χ1v) is 6.97. The maximum absolute atomic E-state index is 12.4. The van der Waals surface area contributed by atoms with Crippen molar-refractivity contribution in [2.45, 2.75) is 26.3 Å². The molecule has 0 aliphatic heterocycles. The number of anilines is 1. The normalized spacial score (nSPS) is 13.3. The Morgan fingerprint density at radius 2 is 1.71 bits per heavy atom. The van der Waals surface area contributed by atoms with Crippen LogP contribution in [0.2, 0.25) is 0 Å². The fourth-order valence-corrected chi connectivity index (χ4v) is 2.31. The van der Waals surface area contributed by atoms with Gasteiger partial charge in [0.2, 0.25) is 0 Å². The molecule has 0 bridgehead atoms. The van der Waals surface area contributed by atoms with Crippen LogP contribution in [0, 0.1) is 13.8 Å². The molecule has 0 amide bonds. The van der Waals surface area contributed by atoms with Crippen molar-refractivity contribution >= 4 is 11.7 Å². The van der Waals surface area contributed by atoms with Gasteiger partial charge in [0.25, 0.3) is 0 Å². The van der Waals surface area contributed by atoms with Gasteiger partial charge < -0.3 is 10.1 Å². The average molecular weight is 283 g/mol. The van der Waals surface area contributed by atoms with E-state index in [0.717, 1.165) is 16.8 Å². The summed E-state index contributed by atoms with van der Waals surface area (Å²) < 4.78 is 5.01. The SMILES string of the molecule is COC(=O)C(C)(Nc1ccccc1)c1ccc(C)c(C)c1. The zero-order valence-electron chi connectivity index (χ0n) is 12.9. The molecule has 0 aliphatic rings. The fraction of sp³-hybridized carbons (Fsp3) is 0.278. The van der Waals surface area contributed by atoms with Gasteiger partial charge >= 0.3 is 5.97 Å². The summed E-state index contributed by atoms with van der Waals surface area (Å²) in [6.07, 6.45) is 0. The standard InChI is InChI=1S/C18H21NO2/c1-13-10-11-15(12-14(13)2)18(3,17(20)21-4)19-16-8-6-5-7-9-16/h5-12,19H,1-4H3. The summed E-state index contributed by atoms with van der Waals surface area (Å²) in [5.41, 5.74) is 3.20. The first-order chi connectivity index (χ1) is 9.97. The van der Waals surface area contributed by atoms with E-state index in [0.29, 0.717) is 0 Å². The molecule has 0 saturated heterocycles. The van der Waals surface area contributed by atoms with Crippen LogP contribution in [0.15, 0.2) is 48.5 Å².